The Bertz CT molecular complexity index is 781. The number of esters is 1. The molecule has 4 nitrogen and oxygen atoms in total. The molecule has 2 aromatic rings. The topological polar surface area (TPSA) is 50.4 Å². The largest absolute Gasteiger partial charge is 0.462 e. The second kappa shape index (κ2) is 9.33. The van der Waals surface area contributed by atoms with Gasteiger partial charge in [-0.15, -0.1) is 11.3 Å². The number of carbonyl (C=O) groups excluding carboxylic acids is 1. The third-order valence-corrected chi connectivity index (χ3v) is 6.18. The van der Waals surface area contributed by atoms with Gasteiger partial charge in [0.05, 0.1) is 12.2 Å². The Morgan fingerprint density at radius 3 is 2.59 bits per heavy atom. The summed E-state index contributed by atoms with van der Waals surface area (Å²) in [6.07, 6.45) is 4.72. The van der Waals surface area contributed by atoms with Crippen LogP contribution in [0.2, 0.25) is 0 Å². The molecule has 1 heterocycles. The number of ether oxygens (including phenoxy) is 1. The molecule has 144 valence electrons. The molecule has 1 aliphatic rings. The molecule has 1 fully saturated rings. The normalized spacial score (nSPS) is 19.3. The van der Waals surface area contributed by atoms with Crippen LogP contribution in [-0.4, -0.2) is 23.7 Å². The quantitative estimate of drug-likeness (QED) is 0.514. The number of thiophene rings is 1. The maximum Gasteiger partial charge on any atom is 0.341 e. The molecule has 0 radical (unpaired) electrons. The van der Waals surface area contributed by atoms with Gasteiger partial charge in [0.25, 0.3) is 0 Å². The van der Waals surface area contributed by atoms with E-state index in [1.54, 1.807) is 0 Å². The van der Waals surface area contributed by atoms with Crippen LogP contribution in [-0.2, 0) is 4.74 Å². The van der Waals surface area contributed by atoms with E-state index in [1.807, 2.05) is 43.3 Å². The molecular weight excluding hydrogens is 376 g/mol. The van der Waals surface area contributed by atoms with Gasteiger partial charge in [-0.25, -0.2) is 4.79 Å². The summed E-state index contributed by atoms with van der Waals surface area (Å²) in [6, 6.07) is 12.3. The summed E-state index contributed by atoms with van der Waals surface area (Å²) in [5.74, 6) is 0.471. The number of nitrogens with one attached hydrogen (secondary N) is 2. The summed E-state index contributed by atoms with van der Waals surface area (Å²) in [4.78, 5) is 13.4. The first kappa shape index (κ1) is 19.8. The monoisotopic (exact) mass is 402 g/mol. The molecule has 0 saturated heterocycles. The molecular formula is C21H26N2O2S2. The van der Waals surface area contributed by atoms with Gasteiger partial charge in [0.15, 0.2) is 5.11 Å². The minimum Gasteiger partial charge on any atom is -0.462 e. The van der Waals surface area contributed by atoms with E-state index in [0.717, 1.165) is 34.2 Å². The van der Waals surface area contributed by atoms with Crippen molar-refractivity contribution in [1.82, 2.24) is 5.32 Å². The van der Waals surface area contributed by atoms with Gasteiger partial charge in [-0.1, -0.05) is 37.3 Å². The van der Waals surface area contributed by atoms with Crippen molar-refractivity contribution in [3.63, 3.8) is 0 Å². The van der Waals surface area contributed by atoms with Crippen molar-refractivity contribution in [2.45, 2.75) is 45.6 Å². The number of hydrogen-bond acceptors (Lipinski definition) is 4. The van der Waals surface area contributed by atoms with E-state index in [2.05, 4.69) is 17.6 Å². The number of rotatable bonds is 5. The molecule has 1 aromatic heterocycles. The summed E-state index contributed by atoms with van der Waals surface area (Å²) in [7, 11) is 0. The molecule has 0 aliphatic heterocycles. The van der Waals surface area contributed by atoms with Crippen LogP contribution in [0, 0.1) is 5.92 Å². The number of carbonyl (C=O) groups is 1. The van der Waals surface area contributed by atoms with Crippen LogP contribution in [0.1, 0.15) is 49.9 Å². The van der Waals surface area contributed by atoms with Gasteiger partial charge in [0.2, 0.25) is 0 Å². The summed E-state index contributed by atoms with van der Waals surface area (Å²) in [6.45, 7) is 4.46. The Morgan fingerprint density at radius 1 is 1.22 bits per heavy atom. The number of thiocarbonyl (C=S) groups is 1. The zero-order valence-electron chi connectivity index (χ0n) is 15.8. The molecule has 0 atom stereocenters. The summed E-state index contributed by atoms with van der Waals surface area (Å²) < 4.78 is 5.23. The minimum atomic E-state index is -0.326. The van der Waals surface area contributed by atoms with Crippen molar-refractivity contribution in [2.24, 2.45) is 5.92 Å². The highest BCUT2D eigenvalue weighted by molar-refractivity contribution is 7.80. The molecule has 1 saturated carbocycles. The molecule has 0 unspecified atom stereocenters. The van der Waals surface area contributed by atoms with Crippen LogP contribution in [0.3, 0.4) is 0 Å². The van der Waals surface area contributed by atoms with E-state index < -0.39 is 0 Å². The number of benzene rings is 1. The summed E-state index contributed by atoms with van der Waals surface area (Å²) in [5, 5.41) is 7.95. The Morgan fingerprint density at radius 2 is 1.93 bits per heavy atom. The van der Waals surface area contributed by atoms with Gasteiger partial charge in [0, 0.05) is 10.9 Å². The second-order valence-electron chi connectivity index (χ2n) is 7.00. The highest BCUT2D eigenvalue weighted by Crippen LogP contribution is 2.36. The average molecular weight is 403 g/mol. The standard InChI is InChI=1S/C21H26N2O2S2/c1-3-25-20(24)17-13-18(15-7-5-4-6-8-15)27-19(17)23-21(26)22-16-11-9-14(2)10-12-16/h4-8,13-14,16H,3,9-12H2,1-2H3,(H2,22,23,26). The number of anilines is 1. The van der Waals surface area contributed by atoms with Crippen LogP contribution >= 0.6 is 23.6 Å². The molecule has 27 heavy (non-hydrogen) atoms. The predicted octanol–water partition coefficient (Wildman–Crippen LogP) is 5.46. The van der Waals surface area contributed by atoms with Gasteiger partial charge < -0.3 is 15.4 Å². The first-order valence-corrected chi connectivity index (χ1v) is 10.7. The van der Waals surface area contributed by atoms with Crippen LogP contribution in [0.4, 0.5) is 5.00 Å². The van der Waals surface area contributed by atoms with Crippen LogP contribution in [0.5, 0.6) is 0 Å². The highest BCUT2D eigenvalue weighted by Gasteiger charge is 2.21. The molecule has 6 heteroatoms. The van der Waals surface area contributed by atoms with Crippen molar-refractivity contribution >= 4 is 39.6 Å². The third-order valence-electron chi connectivity index (χ3n) is 4.86. The Balaban J connectivity index is 1.75. The lowest BCUT2D eigenvalue weighted by atomic mass is 9.87. The maximum atomic E-state index is 12.4. The van der Waals surface area contributed by atoms with Gasteiger partial charge in [-0.2, -0.15) is 0 Å². The molecule has 0 amide bonds. The molecule has 0 bridgehead atoms. The van der Waals surface area contributed by atoms with Crippen molar-refractivity contribution in [3.05, 3.63) is 42.0 Å². The zero-order valence-corrected chi connectivity index (χ0v) is 17.4. The highest BCUT2D eigenvalue weighted by atomic mass is 32.1. The fraction of sp³-hybridized carbons (Fsp3) is 0.429. The fourth-order valence-corrected chi connectivity index (χ4v) is 4.71. The zero-order chi connectivity index (χ0) is 19.2. The van der Waals surface area contributed by atoms with Gasteiger partial charge in [-0.05, 0) is 62.4 Å². The summed E-state index contributed by atoms with van der Waals surface area (Å²) >= 11 is 7.03. The maximum absolute atomic E-state index is 12.4. The Hall–Kier alpha value is -1.92. The van der Waals surface area contributed by atoms with Crippen molar-refractivity contribution < 1.29 is 9.53 Å². The predicted molar refractivity (Wildman–Crippen MR) is 116 cm³/mol. The Labute approximate surface area is 170 Å². The van der Waals surface area contributed by atoms with Gasteiger partial charge >= 0.3 is 5.97 Å². The first-order chi connectivity index (χ1) is 13.1. The number of hydrogen-bond donors (Lipinski definition) is 2. The average Bonchev–Trinajstić information content (AvgIpc) is 3.08. The molecule has 1 aliphatic carbocycles. The fourth-order valence-electron chi connectivity index (χ4n) is 3.32. The molecule has 2 N–H and O–H groups in total. The summed E-state index contributed by atoms with van der Waals surface area (Å²) in [5.41, 5.74) is 1.60. The van der Waals surface area contributed by atoms with Crippen molar-refractivity contribution in [1.29, 1.82) is 0 Å². The van der Waals surface area contributed by atoms with Crippen LogP contribution in [0.15, 0.2) is 36.4 Å². The smallest absolute Gasteiger partial charge is 0.341 e. The second-order valence-corrected chi connectivity index (χ2v) is 8.46. The van der Waals surface area contributed by atoms with E-state index in [-0.39, 0.29) is 5.97 Å². The lowest BCUT2D eigenvalue weighted by molar-refractivity contribution is 0.0528. The molecule has 3 rings (SSSR count). The van der Waals surface area contributed by atoms with E-state index in [1.165, 1.54) is 24.2 Å². The molecule has 1 aromatic carbocycles. The third kappa shape index (κ3) is 5.30. The van der Waals surface area contributed by atoms with E-state index in [0.29, 0.717) is 23.3 Å². The van der Waals surface area contributed by atoms with E-state index in [9.17, 15) is 4.79 Å². The van der Waals surface area contributed by atoms with E-state index >= 15 is 0 Å². The van der Waals surface area contributed by atoms with Gasteiger partial charge in [-0.3, -0.25) is 0 Å². The van der Waals surface area contributed by atoms with E-state index in [4.69, 9.17) is 17.0 Å². The Kier molecular flexibility index (Phi) is 6.85. The van der Waals surface area contributed by atoms with Crippen LogP contribution in [0.25, 0.3) is 10.4 Å². The first-order valence-electron chi connectivity index (χ1n) is 9.50. The van der Waals surface area contributed by atoms with Crippen LogP contribution < -0.4 is 10.6 Å². The molecule has 0 spiro atoms. The lowest BCUT2D eigenvalue weighted by Gasteiger charge is -2.27. The van der Waals surface area contributed by atoms with Crippen molar-refractivity contribution in [2.75, 3.05) is 11.9 Å². The van der Waals surface area contributed by atoms with Gasteiger partial charge in [0.1, 0.15) is 5.00 Å². The lowest BCUT2D eigenvalue weighted by Crippen LogP contribution is -2.39. The van der Waals surface area contributed by atoms with Crippen molar-refractivity contribution in [3.8, 4) is 10.4 Å². The SMILES string of the molecule is CCOC(=O)c1cc(-c2ccccc2)sc1NC(=S)NC1CCC(C)CC1. The minimum absolute atomic E-state index is 0.326.